The van der Waals surface area contributed by atoms with Crippen molar-refractivity contribution in [3.05, 3.63) is 23.8 Å². The summed E-state index contributed by atoms with van der Waals surface area (Å²) in [7, 11) is 0. The quantitative estimate of drug-likeness (QED) is 0.712. The summed E-state index contributed by atoms with van der Waals surface area (Å²) in [5.41, 5.74) is 6.69. The zero-order valence-corrected chi connectivity index (χ0v) is 12.3. The normalized spacial score (nSPS) is 14.6. The Hall–Kier alpha value is -1.79. The first kappa shape index (κ1) is 15.6. The highest BCUT2D eigenvalue weighted by atomic mass is 16.6. The highest BCUT2D eigenvalue weighted by molar-refractivity contribution is 5.76. The van der Waals surface area contributed by atoms with Gasteiger partial charge in [0.1, 0.15) is 19.3 Å². The van der Waals surface area contributed by atoms with E-state index in [1.807, 2.05) is 18.2 Å². The standard InChI is InChI=1S/C15H22N2O4/c1-2-19-15(18)12(10-16)17-6-5-11-3-4-13-14(9-11)21-8-7-20-13/h3-4,9,12,17H,2,5-8,10,16H2,1H3. The number of carbonyl (C=O) groups is 1. The number of benzene rings is 1. The van der Waals surface area contributed by atoms with Gasteiger partial charge in [0.25, 0.3) is 0 Å². The van der Waals surface area contributed by atoms with Crippen LogP contribution in [0, 0.1) is 0 Å². The topological polar surface area (TPSA) is 82.8 Å². The Morgan fingerprint density at radius 1 is 1.38 bits per heavy atom. The first-order valence-electron chi connectivity index (χ1n) is 7.23. The van der Waals surface area contributed by atoms with Gasteiger partial charge in [-0.1, -0.05) is 6.07 Å². The van der Waals surface area contributed by atoms with Crippen LogP contribution in [-0.4, -0.2) is 44.9 Å². The van der Waals surface area contributed by atoms with Crippen LogP contribution in [0.4, 0.5) is 0 Å². The number of fused-ring (bicyclic) bond motifs is 1. The second-order valence-corrected chi connectivity index (χ2v) is 4.72. The van der Waals surface area contributed by atoms with Crippen molar-refractivity contribution in [1.82, 2.24) is 5.32 Å². The Labute approximate surface area is 124 Å². The summed E-state index contributed by atoms with van der Waals surface area (Å²) in [6, 6.07) is 5.42. The van der Waals surface area contributed by atoms with Gasteiger partial charge in [-0.3, -0.25) is 4.79 Å². The molecule has 1 heterocycles. The molecule has 1 aliphatic heterocycles. The molecule has 6 nitrogen and oxygen atoms in total. The fourth-order valence-corrected chi connectivity index (χ4v) is 2.14. The van der Waals surface area contributed by atoms with Gasteiger partial charge in [0.2, 0.25) is 0 Å². The van der Waals surface area contributed by atoms with Crippen LogP contribution in [0.1, 0.15) is 12.5 Å². The summed E-state index contributed by atoms with van der Waals surface area (Å²) < 4.78 is 16.0. The van der Waals surface area contributed by atoms with E-state index in [9.17, 15) is 4.79 Å². The van der Waals surface area contributed by atoms with Gasteiger partial charge in [0, 0.05) is 13.1 Å². The van der Waals surface area contributed by atoms with Crippen molar-refractivity contribution >= 4 is 5.97 Å². The smallest absolute Gasteiger partial charge is 0.324 e. The molecular formula is C15H22N2O4. The molecule has 0 amide bonds. The SMILES string of the molecule is CCOC(=O)C(CN)NCCc1ccc2c(c1)OCCO2. The van der Waals surface area contributed by atoms with Gasteiger partial charge in [-0.05, 0) is 31.0 Å². The summed E-state index contributed by atoms with van der Waals surface area (Å²) in [4.78, 5) is 11.6. The number of rotatable bonds is 7. The molecule has 1 aliphatic rings. The minimum absolute atomic E-state index is 0.222. The largest absolute Gasteiger partial charge is 0.486 e. The van der Waals surface area contributed by atoms with Crippen LogP contribution >= 0.6 is 0 Å². The van der Waals surface area contributed by atoms with Crippen LogP contribution in [0.25, 0.3) is 0 Å². The van der Waals surface area contributed by atoms with Crippen LogP contribution in [0.2, 0.25) is 0 Å². The van der Waals surface area contributed by atoms with E-state index in [2.05, 4.69) is 5.32 Å². The Balaban J connectivity index is 1.84. The van der Waals surface area contributed by atoms with E-state index in [1.165, 1.54) is 0 Å². The third-order valence-corrected chi connectivity index (χ3v) is 3.22. The van der Waals surface area contributed by atoms with Crippen molar-refractivity contribution in [2.24, 2.45) is 5.73 Å². The fourth-order valence-electron chi connectivity index (χ4n) is 2.14. The molecule has 0 fully saturated rings. The lowest BCUT2D eigenvalue weighted by molar-refractivity contribution is -0.145. The van der Waals surface area contributed by atoms with Crippen molar-refractivity contribution in [3.63, 3.8) is 0 Å². The van der Waals surface area contributed by atoms with E-state index in [0.29, 0.717) is 26.4 Å². The van der Waals surface area contributed by atoms with Crippen LogP contribution in [0.15, 0.2) is 18.2 Å². The van der Waals surface area contributed by atoms with E-state index in [-0.39, 0.29) is 12.5 Å². The van der Waals surface area contributed by atoms with E-state index >= 15 is 0 Å². The highest BCUT2D eigenvalue weighted by Gasteiger charge is 2.17. The maximum Gasteiger partial charge on any atom is 0.324 e. The highest BCUT2D eigenvalue weighted by Crippen LogP contribution is 2.30. The molecule has 116 valence electrons. The number of hydrogen-bond acceptors (Lipinski definition) is 6. The first-order valence-corrected chi connectivity index (χ1v) is 7.23. The zero-order valence-electron chi connectivity index (χ0n) is 12.3. The van der Waals surface area contributed by atoms with Crippen LogP contribution in [0.3, 0.4) is 0 Å². The monoisotopic (exact) mass is 294 g/mol. The van der Waals surface area contributed by atoms with Gasteiger partial charge in [-0.25, -0.2) is 0 Å². The van der Waals surface area contributed by atoms with Crippen LogP contribution < -0.4 is 20.5 Å². The summed E-state index contributed by atoms with van der Waals surface area (Å²) in [5.74, 6) is 1.26. The predicted octanol–water partition coefficient (Wildman–Crippen LogP) is 0.480. The van der Waals surface area contributed by atoms with Crippen molar-refractivity contribution in [2.45, 2.75) is 19.4 Å². The zero-order chi connectivity index (χ0) is 15.1. The summed E-state index contributed by atoms with van der Waals surface area (Å²) in [5, 5.41) is 3.11. The van der Waals surface area contributed by atoms with E-state index < -0.39 is 6.04 Å². The van der Waals surface area contributed by atoms with Gasteiger partial charge in [-0.2, -0.15) is 0 Å². The van der Waals surface area contributed by atoms with E-state index in [0.717, 1.165) is 23.5 Å². The summed E-state index contributed by atoms with van der Waals surface area (Å²) >= 11 is 0. The molecule has 1 unspecified atom stereocenters. The van der Waals surface area contributed by atoms with Crippen molar-refractivity contribution in [2.75, 3.05) is 32.9 Å². The average Bonchev–Trinajstić information content (AvgIpc) is 2.51. The second-order valence-electron chi connectivity index (χ2n) is 4.72. The van der Waals surface area contributed by atoms with Crippen molar-refractivity contribution in [3.8, 4) is 11.5 Å². The van der Waals surface area contributed by atoms with Crippen molar-refractivity contribution < 1.29 is 19.0 Å². The number of esters is 1. The first-order chi connectivity index (χ1) is 10.2. The molecule has 1 atom stereocenters. The van der Waals surface area contributed by atoms with Crippen molar-refractivity contribution in [1.29, 1.82) is 0 Å². The Bertz CT molecular complexity index is 479. The molecule has 3 N–H and O–H groups in total. The molecule has 21 heavy (non-hydrogen) atoms. The summed E-state index contributed by atoms with van der Waals surface area (Å²) in [6.45, 7) is 4.17. The minimum Gasteiger partial charge on any atom is -0.486 e. The average molecular weight is 294 g/mol. The lowest BCUT2D eigenvalue weighted by atomic mass is 10.1. The van der Waals surface area contributed by atoms with Gasteiger partial charge in [-0.15, -0.1) is 0 Å². The molecule has 0 saturated heterocycles. The Kier molecular flexibility index (Phi) is 5.83. The molecule has 0 bridgehead atoms. The molecule has 0 spiro atoms. The van der Waals surface area contributed by atoms with E-state index in [4.69, 9.17) is 19.9 Å². The van der Waals surface area contributed by atoms with E-state index in [1.54, 1.807) is 6.92 Å². The maximum atomic E-state index is 11.6. The van der Waals surface area contributed by atoms with Crippen LogP contribution in [0.5, 0.6) is 11.5 Å². The van der Waals surface area contributed by atoms with Crippen LogP contribution in [-0.2, 0) is 16.0 Å². The summed E-state index contributed by atoms with van der Waals surface area (Å²) in [6.07, 6.45) is 0.770. The lowest BCUT2D eigenvalue weighted by Crippen LogP contribution is -2.44. The Morgan fingerprint density at radius 2 is 2.14 bits per heavy atom. The Morgan fingerprint density at radius 3 is 2.86 bits per heavy atom. The minimum atomic E-state index is -0.456. The number of carbonyl (C=O) groups excluding carboxylic acids is 1. The lowest BCUT2D eigenvalue weighted by Gasteiger charge is -2.19. The number of nitrogens with two attached hydrogens (primary N) is 1. The van der Waals surface area contributed by atoms with Gasteiger partial charge in [0.15, 0.2) is 11.5 Å². The molecule has 0 aromatic heterocycles. The molecule has 0 saturated carbocycles. The number of ether oxygens (including phenoxy) is 3. The molecule has 6 heteroatoms. The number of nitrogens with one attached hydrogen (secondary N) is 1. The predicted molar refractivity (Wildman–Crippen MR) is 78.6 cm³/mol. The molecule has 1 aromatic rings. The molecule has 0 radical (unpaired) electrons. The van der Waals surface area contributed by atoms with Gasteiger partial charge >= 0.3 is 5.97 Å². The third-order valence-electron chi connectivity index (χ3n) is 3.22. The molecular weight excluding hydrogens is 272 g/mol. The number of hydrogen-bond donors (Lipinski definition) is 2. The van der Waals surface area contributed by atoms with Gasteiger partial charge in [0.05, 0.1) is 6.61 Å². The second kappa shape index (κ2) is 7.85. The molecule has 2 rings (SSSR count). The fraction of sp³-hybridized carbons (Fsp3) is 0.533. The van der Waals surface area contributed by atoms with Gasteiger partial charge < -0.3 is 25.3 Å². The third kappa shape index (κ3) is 4.34. The molecule has 0 aliphatic carbocycles. The maximum absolute atomic E-state index is 11.6. The molecule has 1 aromatic carbocycles.